The topological polar surface area (TPSA) is 17.1 Å². The predicted octanol–water partition coefficient (Wildman–Crippen LogP) is -2.49. The fourth-order valence-corrected chi connectivity index (χ4v) is 0. The Balaban J connectivity index is -0.00000000500. The van der Waals surface area contributed by atoms with Crippen LogP contribution in [0.4, 0.5) is 0 Å². The Labute approximate surface area is 72.4 Å². The molecule has 0 spiro atoms. The van der Waals surface area contributed by atoms with Crippen molar-refractivity contribution < 1.29 is 21.8 Å². The van der Waals surface area contributed by atoms with Crippen molar-refractivity contribution in [3.8, 4) is 0 Å². The van der Waals surface area contributed by atoms with Gasteiger partial charge >= 0.3 is 73.5 Å². The van der Waals surface area contributed by atoms with Gasteiger partial charge < -0.3 is 0 Å². The van der Waals surface area contributed by atoms with E-state index in [0.717, 1.165) is 0 Å². The summed E-state index contributed by atoms with van der Waals surface area (Å²) < 4.78 is 8.38. The Bertz CT molecular complexity index is 6.00. The Morgan fingerprint density at radius 2 is 1.00 bits per heavy atom. The maximum atomic E-state index is 8.38. The second-order valence-corrected chi connectivity index (χ2v) is 0. The van der Waals surface area contributed by atoms with Gasteiger partial charge in [0.05, 0.1) is 0 Å². The molecule has 20 valence electrons. The third kappa shape index (κ3) is 8.90. The van der Waals surface area contributed by atoms with Crippen molar-refractivity contribution in [2.75, 3.05) is 0 Å². The first-order valence-corrected chi connectivity index (χ1v) is 1.50. The van der Waals surface area contributed by atoms with Gasteiger partial charge in [0.15, 0.2) is 0 Å². The number of rotatable bonds is 0. The molecule has 0 aliphatic rings. The van der Waals surface area contributed by atoms with Gasteiger partial charge in [-0.05, 0) is 0 Å². The van der Waals surface area contributed by atoms with E-state index in [4.69, 9.17) is 3.57 Å². The molecule has 0 radical (unpaired) electrons. The fourth-order valence-electron chi connectivity index (χ4n) is 0. The Morgan fingerprint density at radius 1 is 1.00 bits per heavy atom. The molecule has 0 fully saturated rings. The molecule has 0 aromatic heterocycles. The summed E-state index contributed by atoms with van der Waals surface area (Å²) in [5.41, 5.74) is 0. The van der Waals surface area contributed by atoms with Crippen LogP contribution in [0.3, 0.4) is 0 Å². The van der Waals surface area contributed by atoms with Crippen molar-refractivity contribution in [3.63, 3.8) is 0 Å². The zero-order chi connectivity index (χ0) is 2.00. The third-order valence-electron chi connectivity index (χ3n) is 0. The molecule has 4 heteroatoms. The summed E-state index contributed by atoms with van der Waals surface area (Å²) in [5, 5.41) is 0. The van der Waals surface area contributed by atoms with Crippen LogP contribution in [0, 0.1) is 0 Å². The summed E-state index contributed by atoms with van der Waals surface area (Å²) in [6.07, 6.45) is 0. The Hall–Kier alpha value is 2.16. The van der Waals surface area contributed by atoms with Gasteiger partial charge in [0, 0.05) is 0 Å². The van der Waals surface area contributed by atoms with Crippen molar-refractivity contribution in [1.29, 1.82) is 0 Å². The summed E-state index contributed by atoms with van der Waals surface area (Å²) in [4.78, 5) is 0. The van der Waals surface area contributed by atoms with E-state index in [9.17, 15) is 0 Å². The van der Waals surface area contributed by atoms with Crippen LogP contribution in [-0.4, -0.2) is 51.7 Å². The molecule has 0 amide bonds. The van der Waals surface area contributed by atoms with Crippen molar-refractivity contribution in [2.24, 2.45) is 0 Å². The second-order valence-electron chi connectivity index (χ2n) is 0. The average Bonchev–Trinajstić information content (AvgIpc) is 1.00. The first-order valence-electron chi connectivity index (χ1n) is 0.289. The molecule has 0 bridgehead atoms. The van der Waals surface area contributed by atoms with Gasteiger partial charge in [-0.2, -0.15) is 0 Å². The van der Waals surface area contributed by atoms with Gasteiger partial charge in [-0.3, -0.25) is 0 Å². The van der Waals surface area contributed by atoms with Gasteiger partial charge in [0.1, 0.15) is 0 Å². The quantitative estimate of drug-likeness (QED) is 0.452. The molecule has 0 aliphatic carbocycles. The maximum absolute atomic E-state index is 8.38. The summed E-state index contributed by atoms with van der Waals surface area (Å²) >= 11 is 0.125. The molecule has 0 N–H and O–H groups in total. The van der Waals surface area contributed by atoms with Crippen molar-refractivity contribution in [2.45, 2.75) is 0 Å². The first-order chi connectivity index (χ1) is 1.00. The van der Waals surface area contributed by atoms with Crippen LogP contribution in [-0.2, 0) is 21.8 Å². The van der Waals surface area contributed by atoms with E-state index >= 15 is 0 Å². The molecule has 1 nitrogen and oxygen atoms in total. The molecule has 0 unspecified atom stereocenters. The minimum atomic E-state index is 0. The normalized spacial score (nSPS) is 1.50. The SMILES string of the molecule is [InH3].[InH3].[O]=[Zn]. The van der Waals surface area contributed by atoms with Crippen LogP contribution in [0.2, 0.25) is 0 Å². The third-order valence-corrected chi connectivity index (χ3v) is 0. The van der Waals surface area contributed by atoms with E-state index in [0.29, 0.717) is 0 Å². The predicted molar refractivity (Wildman–Crippen MR) is 20.6 cm³/mol. The molecular weight excluding hydrogens is 311 g/mol. The van der Waals surface area contributed by atoms with Gasteiger partial charge in [0.2, 0.25) is 0 Å². The molecule has 0 atom stereocenters. The van der Waals surface area contributed by atoms with Crippen LogP contribution in [0.15, 0.2) is 0 Å². The summed E-state index contributed by atoms with van der Waals surface area (Å²) in [6, 6.07) is 0. The summed E-state index contributed by atoms with van der Waals surface area (Å²) in [7, 11) is 0. The molecule has 0 aliphatic heterocycles. The van der Waals surface area contributed by atoms with Crippen LogP contribution < -0.4 is 0 Å². The monoisotopic (exact) mass is 316 g/mol. The molecule has 0 saturated heterocycles. The second kappa shape index (κ2) is 19.1. The number of hydrogen-bond acceptors (Lipinski definition) is 1. The van der Waals surface area contributed by atoms with Gasteiger partial charge in [0.25, 0.3) is 0 Å². The molecule has 0 aromatic carbocycles. The van der Waals surface area contributed by atoms with Gasteiger partial charge in [-0.1, -0.05) is 0 Å². The van der Waals surface area contributed by atoms with E-state index in [1.54, 1.807) is 0 Å². The zero-order valence-electron chi connectivity index (χ0n) is 1.12. The van der Waals surface area contributed by atoms with E-state index in [-0.39, 0.29) is 69.9 Å². The van der Waals surface area contributed by atoms with Crippen molar-refractivity contribution in [3.05, 3.63) is 0 Å². The summed E-state index contributed by atoms with van der Waals surface area (Å²) in [6.45, 7) is 0. The first kappa shape index (κ1) is 16.4. The molecule has 0 saturated carbocycles. The molecule has 0 aromatic rings. The Kier molecular flexibility index (Phi) is 78.5. The van der Waals surface area contributed by atoms with Crippen LogP contribution in [0.25, 0.3) is 0 Å². The number of hydrogen-bond donors (Lipinski definition) is 0. The summed E-state index contributed by atoms with van der Waals surface area (Å²) in [5.74, 6) is 0. The van der Waals surface area contributed by atoms with E-state index in [1.165, 1.54) is 0 Å². The Morgan fingerprint density at radius 3 is 1.00 bits per heavy atom. The van der Waals surface area contributed by atoms with Gasteiger partial charge in [-0.15, -0.1) is 0 Å². The molecular formula is H6In2OZn. The fraction of sp³-hybridized carbons (Fsp3) is 0. The molecule has 4 heavy (non-hydrogen) atoms. The van der Waals surface area contributed by atoms with Crippen LogP contribution in [0.5, 0.6) is 0 Å². The zero-order valence-corrected chi connectivity index (χ0v) is 4.08. The van der Waals surface area contributed by atoms with E-state index in [1.807, 2.05) is 0 Å². The van der Waals surface area contributed by atoms with E-state index in [2.05, 4.69) is 0 Å². The average molecular weight is 317 g/mol. The molecule has 0 rings (SSSR count). The standard InChI is InChI=1S/2In.O.Zn.6H. The molecule has 0 heterocycles. The van der Waals surface area contributed by atoms with Crippen molar-refractivity contribution in [1.82, 2.24) is 0 Å². The van der Waals surface area contributed by atoms with Crippen LogP contribution in [0.1, 0.15) is 0 Å². The van der Waals surface area contributed by atoms with E-state index < -0.39 is 0 Å². The van der Waals surface area contributed by atoms with Crippen molar-refractivity contribution >= 4 is 51.7 Å². The minimum absolute atomic E-state index is 0. The van der Waals surface area contributed by atoms with Crippen LogP contribution >= 0.6 is 0 Å². The van der Waals surface area contributed by atoms with Gasteiger partial charge in [-0.25, -0.2) is 0 Å².